The molecule has 0 aliphatic rings. The lowest BCUT2D eigenvalue weighted by molar-refractivity contribution is 0.401. The summed E-state index contributed by atoms with van der Waals surface area (Å²) in [7, 11) is 1.69. The number of rotatable bonds is 4. The largest absolute Gasteiger partial charge is 0.320 e. The zero-order valence-corrected chi connectivity index (χ0v) is 10.3. The van der Waals surface area contributed by atoms with Crippen LogP contribution in [0.3, 0.4) is 0 Å². The highest BCUT2D eigenvalue weighted by Crippen LogP contribution is 2.23. The number of nitrogens with zero attached hydrogens (tertiary/aromatic N) is 5. The van der Waals surface area contributed by atoms with E-state index in [4.69, 9.17) is 5.73 Å². The van der Waals surface area contributed by atoms with Gasteiger partial charge >= 0.3 is 0 Å². The number of aryl methyl sites for hydroxylation is 1. The molecule has 96 valence electrons. The summed E-state index contributed by atoms with van der Waals surface area (Å²) in [6, 6.07) is 2.94. The van der Waals surface area contributed by atoms with Crippen molar-refractivity contribution in [1.29, 1.82) is 0 Å². The molecular weight excluding hydrogens is 235 g/mol. The zero-order chi connectivity index (χ0) is 13.2. The zero-order valence-electron chi connectivity index (χ0n) is 10.3. The quantitative estimate of drug-likeness (QED) is 0.856. The van der Waals surface area contributed by atoms with Gasteiger partial charge in [0, 0.05) is 6.42 Å². The predicted octanol–water partition coefficient (Wildman–Crippen LogP) is 0.551. The van der Waals surface area contributed by atoms with Gasteiger partial charge in [0.25, 0.3) is 0 Å². The summed E-state index contributed by atoms with van der Waals surface area (Å²) in [5, 5.41) is 11.8. The van der Waals surface area contributed by atoms with Crippen LogP contribution in [0, 0.1) is 5.82 Å². The Labute approximate surface area is 104 Å². The van der Waals surface area contributed by atoms with Crippen molar-refractivity contribution in [1.82, 2.24) is 25.2 Å². The number of halogens is 1. The second-order valence-corrected chi connectivity index (χ2v) is 4.24. The number of aromatic nitrogens is 5. The standard InChI is InChI=1S/C11H15FN6/c1-3-11(13,6-10-15-17-18(2)16-10)9-5-4-8(12)7-14-9/h4-5,7H,3,6,13H2,1-2H3. The minimum Gasteiger partial charge on any atom is -0.320 e. The van der Waals surface area contributed by atoms with Crippen molar-refractivity contribution < 1.29 is 4.39 Å². The second kappa shape index (κ2) is 4.77. The summed E-state index contributed by atoms with van der Waals surface area (Å²) >= 11 is 0. The average Bonchev–Trinajstić information content (AvgIpc) is 2.75. The first-order valence-electron chi connectivity index (χ1n) is 5.67. The molecule has 0 aliphatic heterocycles. The molecule has 0 aliphatic carbocycles. The van der Waals surface area contributed by atoms with Gasteiger partial charge in [0.05, 0.1) is 24.5 Å². The molecule has 2 aromatic rings. The minimum atomic E-state index is -0.712. The van der Waals surface area contributed by atoms with Gasteiger partial charge < -0.3 is 5.73 Å². The van der Waals surface area contributed by atoms with Crippen LogP contribution in [0.1, 0.15) is 24.9 Å². The summed E-state index contributed by atoms with van der Waals surface area (Å²) in [6.07, 6.45) is 2.22. The molecule has 0 saturated carbocycles. The summed E-state index contributed by atoms with van der Waals surface area (Å²) in [6.45, 7) is 1.95. The molecular formula is C11H15FN6. The van der Waals surface area contributed by atoms with Gasteiger partial charge in [-0.3, -0.25) is 4.98 Å². The van der Waals surface area contributed by atoms with Crippen molar-refractivity contribution in [2.45, 2.75) is 25.3 Å². The third-order valence-electron chi connectivity index (χ3n) is 2.89. The van der Waals surface area contributed by atoms with E-state index in [1.54, 1.807) is 13.1 Å². The molecule has 1 unspecified atom stereocenters. The molecule has 0 amide bonds. The first-order valence-corrected chi connectivity index (χ1v) is 5.67. The smallest absolute Gasteiger partial charge is 0.177 e. The number of pyridine rings is 1. The number of nitrogens with two attached hydrogens (primary N) is 1. The summed E-state index contributed by atoms with van der Waals surface area (Å²) in [5.41, 5.74) is 6.22. The molecule has 2 heterocycles. The molecule has 7 heteroatoms. The van der Waals surface area contributed by atoms with Gasteiger partial charge in [-0.25, -0.2) is 4.39 Å². The summed E-state index contributed by atoms with van der Waals surface area (Å²) in [4.78, 5) is 5.42. The highest BCUT2D eigenvalue weighted by Gasteiger charge is 2.29. The van der Waals surface area contributed by atoms with E-state index in [0.29, 0.717) is 24.4 Å². The van der Waals surface area contributed by atoms with Crippen molar-refractivity contribution in [3.8, 4) is 0 Å². The molecule has 6 nitrogen and oxygen atoms in total. The fraction of sp³-hybridized carbons (Fsp3) is 0.455. The summed E-state index contributed by atoms with van der Waals surface area (Å²) < 4.78 is 12.9. The van der Waals surface area contributed by atoms with E-state index in [1.807, 2.05) is 6.92 Å². The number of hydrogen-bond donors (Lipinski definition) is 1. The van der Waals surface area contributed by atoms with Gasteiger partial charge in [0.1, 0.15) is 5.82 Å². The Morgan fingerprint density at radius 2 is 2.22 bits per heavy atom. The maximum atomic E-state index is 12.9. The van der Waals surface area contributed by atoms with Gasteiger partial charge in [0.15, 0.2) is 5.82 Å². The van der Waals surface area contributed by atoms with Crippen molar-refractivity contribution in [3.05, 3.63) is 35.7 Å². The molecule has 18 heavy (non-hydrogen) atoms. The van der Waals surface area contributed by atoms with Gasteiger partial charge in [-0.15, -0.1) is 10.2 Å². The van der Waals surface area contributed by atoms with Crippen LogP contribution in [0.2, 0.25) is 0 Å². The third kappa shape index (κ3) is 2.51. The minimum absolute atomic E-state index is 0.380. The fourth-order valence-corrected chi connectivity index (χ4v) is 1.74. The molecule has 0 radical (unpaired) electrons. The van der Waals surface area contributed by atoms with Gasteiger partial charge in [0.2, 0.25) is 0 Å². The number of hydrogen-bond acceptors (Lipinski definition) is 5. The van der Waals surface area contributed by atoms with Crippen LogP contribution in [0.15, 0.2) is 18.3 Å². The van der Waals surface area contributed by atoms with E-state index in [-0.39, 0.29) is 5.82 Å². The van der Waals surface area contributed by atoms with E-state index in [0.717, 1.165) is 6.20 Å². The lowest BCUT2D eigenvalue weighted by atomic mass is 9.88. The van der Waals surface area contributed by atoms with Crippen LogP contribution < -0.4 is 5.73 Å². The highest BCUT2D eigenvalue weighted by molar-refractivity contribution is 5.17. The molecule has 2 N–H and O–H groups in total. The van der Waals surface area contributed by atoms with E-state index >= 15 is 0 Å². The Balaban J connectivity index is 2.27. The molecule has 2 rings (SSSR count). The fourth-order valence-electron chi connectivity index (χ4n) is 1.74. The van der Waals surface area contributed by atoms with Gasteiger partial charge in [-0.2, -0.15) is 4.80 Å². The molecule has 0 spiro atoms. The average molecular weight is 250 g/mol. The molecule has 0 fully saturated rings. The van der Waals surface area contributed by atoms with Gasteiger partial charge in [-0.05, 0) is 23.8 Å². The SMILES string of the molecule is CCC(N)(Cc1nnn(C)n1)c1ccc(F)cn1. The Bertz CT molecular complexity index is 523. The third-order valence-corrected chi connectivity index (χ3v) is 2.89. The topological polar surface area (TPSA) is 82.5 Å². The Kier molecular flexibility index (Phi) is 3.33. The van der Waals surface area contributed by atoms with E-state index in [2.05, 4.69) is 20.4 Å². The van der Waals surface area contributed by atoms with Crippen LogP contribution in [-0.2, 0) is 19.0 Å². The molecule has 1 atom stereocenters. The molecule has 0 aromatic carbocycles. The Morgan fingerprint density at radius 1 is 1.44 bits per heavy atom. The van der Waals surface area contributed by atoms with Crippen molar-refractivity contribution in [2.75, 3.05) is 0 Å². The van der Waals surface area contributed by atoms with Crippen LogP contribution in [0.5, 0.6) is 0 Å². The first-order chi connectivity index (χ1) is 8.53. The van der Waals surface area contributed by atoms with Crippen LogP contribution in [-0.4, -0.2) is 25.2 Å². The van der Waals surface area contributed by atoms with Crippen LogP contribution >= 0.6 is 0 Å². The predicted molar refractivity (Wildman–Crippen MR) is 62.9 cm³/mol. The normalized spacial score (nSPS) is 14.4. The maximum Gasteiger partial charge on any atom is 0.177 e. The van der Waals surface area contributed by atoms with Crippen molar-refractivity contribution in [2.24, 2.45) is 12.8 Å². The van der Waals surface area contributed by atoms with Gasteiger partial charge in [-0.1, -0.05) is 6.92 Å². The monoisotopic (exact) mass is 250 g/mol. The van der Waals surface area contributed by atoms with E-state index in [1.165, 1.54) is 10.9 Å². The van der Waals surface area contributed by atoms with Crippen molar-refractivity contribution in [3.63, 3.8) is 0 Å². The van der Waals surface area contributed by atoms with Crippen LogP contribution in [0.4, 0.5) is 4.39 Å². The van der Waals surface area contributed by atoms with Crippen LogP contribution in [0.25, 0.3) is 0 Å². The second-order valence-electron chi connectivity index (χ2n) is 4.24. The van der Waals surface area contributed by atoms with Crippen molar-refractivity contribution >= 4 is 0 Å². The molecule has 0 bridgehead atoms. The highest BCUT2D eigenvalue weighted by atomic mass is 19.1. The Morgan fingerprint density at radius 3 is 2.72 bits per heavy atom. The maximum absolute atomic E-state index is 12.9. The van der Waals surface area contributed by atoms with E-state index < -0.39 is 5.54 Å². The molecule has 2 aromatic heterocycles. The van der Waals surface area contributed by atoms with E-state index in [9.17, 15) is 4.39 Å². The Hall–Kier alpha value is -1.89. The first kappa shape index (κ1) is 12.6. The number of tetrazole rings is 1. The lowest BCUT2D eigenvalue weighted by Crippen LogP contribution is -2.39. The lowest BCUT2D eigenvalue weighted by Gasteiger charge is -2.26. The molecule has 0 saturated heterocycles. The summed E-state index contributed by atoms with van der Waals surface area (Å²) in [5.74, 6) is 0.169.